The molecule has 0 aliphatic rings. The van der Waals surface area contributed by atoms with E-state index in [1.54, 1.807) is 12.1 Å². The van der Waals surface area contributed by atoms with Crippen molar-refractivity contribution in [3.8, 4) is 11.5 Å². The molecule has 0 unspecified atom stereocenters. The number of carbonyl (C=O) groups excluding carboxylic acids is 1. The first-order chi connectivity index (χ1) is 10.2. The zero-order valence-electron chi connectivity index (χ0n) is 11.6. The highest BCUT2D eigenvalue weighted by atomic mass is 16.3. The molecule has 2 aromatic carbocycles. The van der Waals surface area contributed by atoms with Crippen molar-refractivity contribution in [3.63, 3.8) is 0 Å². The first-order valence-corrected chi connectivity index (χ1v) is 6.72. The molecule has 1 amide bonds. The van der Waals surface area contributed by atoms with Gasteiger partial charge in [0.25, 0.3) is 5.91 Å². The highest BCUT2D eigenvalue weighted by Crippen LogP contribution is 2.28. The molecule has 21 heavy (non-hydrogen) atoms. The molecular formula is C16H15N3O2. The fraction of sp³-hybridized carbons (Fsp3) is 0.125. The Bertz CT molecular complexity index is 794. The van der Waals surface area contributed by atoms with Gasteiger partial charge in [0.2, 0.25) is 5.89 Å². The van der Waals surface area contributed by atoms with E-state index in [2.05, 4.69) is 10.3 Å². The Labute approximate surface area is 121 Å². The van der Waals surface area contributed by atoms with Crippen LogP contribution in [0.1, 0.15) is 17.3 Å². The topological polar surface area (TPSA) is 81.2 Å². The summed E-state index contributed by atoms with van der Waals surface area (Å²) in [6.07, 6.45) is 0. The van der Waals surface area contributed by atoms with Gasteiger partial charge in [-0.25, -0.2) is 4.98 Å². The van der Waals surface area contributed by atoms with Gasteiger partial charge in [0, 0.05) is 23.9 Å². The van der Waals surface area contributed by atoms with Crippen LogP contribution in [0.4, 0.5) is 5.69 Å². The molecule has 0 atom stereocenters. The number of nitrogens with zero attached hydrogens (tertiary/aromatic N) is 1. The van der Waals surface area contributed by atoms with Crippen LogP contribution in [0.3, 0.4) is 0 Å². The standard InChI is InChI=1S/C16H15N3O2/c1-2-18-15(20)12-8-11(17)9-13-14(12)19-16(21-13)10-6-4-3-5-7-10/h3-9H,2,17H2,1H3,(H,18,20). The van der Waals surface area contributed by atoms with Crippen molar-refractivity contribution in [2.45, 2.75) is 6.92 Å². The first kappa shape index (κ1) is 13.2. The Kier molecular flexibility index (Phi) is 3.31. The van der Waals surface area contributed by atoms with Gasteiger partial charge >= 0.3 is 0 Å². The van der Waals surface area contributed by atoms with Crippen molar-refractivity contribution < 1.29 is 9.21 Å². The van der Waals surface area contributed by atoms with Gasteiger partial charge in [0.15, 0.2) is 5.58 Å². The molecular weight excluding hydrogens is 266 g/mol. The van der Waals surface area contributed by atoms with Crippen LogP contribution in [0.5, 0.6) is 0 Å². The van der Waals surface area contributed by atoms with Crippen molar-refractivity contribution in [1.29, 1.82) is 0 Å². The number of benzene rings is 2. The number of nitrogen functional groups attached to an aromatic ring is 1. The third kappa shape index (κ3) is 2.45. The average Bonchev–Trinajstić information content (AvgIpc) is 2.91. The number of hydrogen-bond donors (Lipinski definition) is 2. The third-order valence-corrected chi connectivity index (χ3v) is 3.12. The number of aromatic nitrogens is 1. The van der Waals surface area contributed by atoms with E-state index in [1.165, 1.54) is 0 Å². The Morgan fingerprint density at radius 1 is 1.29 bits per heavy atom. The zero-order chi connectivity index (χ0) is 14.8. The van der Waals surface area contributed by atoms with Gasteiger partial charge in [-0.05, 0) is 25.1 Å². The number of rotatable bonds is 3. The maximum atomic E-state index is 12.1. The number of nitrogens with one attached hydrogen (secondary N) is 1. The molecule has 5 nitrogen and oxygen atoms in total. The Balaban J connectivity index is 2.17. The summed E-state index contributed by atoms with van der Waals surface area (Å²) in [4.78, 5) is 16.6. The SMILES string of the molecule is CCNC(=O)c1cc(N)cc2oc(-c3ccccc3)nc12. The highest BCUT2D eigenvalue weighted by Gasteiger charge is 2.17. The maximum Gasteiger partial charge on any atom is 0.253 e. The van der Waals surface area contributed by atoms with E-state index in [4.69, 9.17) is 10.2 Å². The van der Waals surface area contributed by atoms with Gasteiger partial charge in [-0.1, -0.05) is 18.2 Å². The minimum atomic E-state index is -0.206. The second-order valence-corrected chi connectivity index (χ2v) is 4.66. The molecule has 0 aliphatic carbocycles. The molecule has 106 valence electrons. The van der Waals surface area contributed by atoms with Crippen molar-refractivity contribution in [2.24, 2.45) is 0 Å². The molecule has 0 saturated heterocycles. The van der Waals surface area contributed by atoms with E-state index in [0.717, 1.165) is 5.56 Å². The highest BCUT2D eigenvalue weighted by molar-refractivity contribution is 6.06. The summed E-state index contributed by atoms with van der Waals surface area (Å²) < 4.78 is 5.73. The fourth-order valence-electron chi connectivity index (χ4n) is 2.18. The summed E-state index contributed by atoms with van der Waals surface area (Å²) in [6.45, 7) is 2.40. The monoisotopic (exact) mass is 281 g/mol. The van der Waals surface area contributed by atoms with Crippen LogP contribution >= 0.6 is 0 Å². The van der Waals surface area contributed by atoms with E-state index in [0.29, 0.717) is 34.8 Å². The molecule has 0 fully saturated rings. The predicted octanol–water partition coefficient (Wildman–Crippen LogP) is 2.83. The molecule has 3 aromatic rings. The van der Waals surface area contributed by atoms with E-state index in [-0.39, 0.29) is 5.91 Å². The molecule has 3 N–H and O–H groups in total. The molecule has 0 aliphatic heterocycles. The van der Waals surface area contributed by atoms with Gasteiger partial charge < -0.3 is 15.5 Å². The maximum absolute atomic E-state index is 12.1. The minimum absolute atomic E-state index is 0.206. The van der Waals surface area contributed by atoms with Gasteiger partial charge in [0.1, 0.15) is 5.52 Å². The second-order valence-electron chi connectivity index (χ2n) is 4.66. The van der Waals surface area contributed by atoms with Crippen molar-refractivity contribution in [3.05, 3.63) is 48.0 Å². The number of oxazole rings is 1. The number of amides is 1. The van der Waals surface area contributed by atoms with E-state index < -0.39 is 0 Å². The summed E-state index contributed by atoms with van der Waals surface area (Å²) in [6, 6.07) is 12.8. The van der Waals surface area contributed by atoms with Crippen molar-refractivity contribution >= 4 is 22.7 Å². The minimum Gasteiger partial charge on any atom is -0.436 e. The molecule has 3 rings (SSSR count). The van der Waals surface area contributed by atoms with E-state index in [9.17, 15) is 4.79 Å². The Morgan fingerprint density at radius 2 is 2.05 bits per heavy atom. The molecule has 0 spiro atoms. The summed E-state index contributed by atoms with van der Waals surface area (Å²) in [5, 5.41) is 2.75. The number of carbonyl (C=O) groups is 1. The Hall–Kier alpha value is -2.82. The van der Waals surface area contributed by atoms with Crippen molar-refractivity contribution in [2.75, 3.05) is 12.3 Å². The normalized spacial score (nSPS) is 10.7. The lowest BCUT2D eigenvalue weighted by Crippen LogP contribution is -2.23. The summed E-state index contributed by atoms with van der Waals surface area (Å²) >= 11 is 0. The largest absolute Gasteiger partial charge is 0.436 e. The number of hydrogen-bond acceptors (Lipinski definition) is 4. The van der Waals surface area contributed by atoms with Crippen LogP contribution in [0.2, 0.25) is 0 Å². The lowest BCUT2D eigenvalue weighted by atomic mass is 10.1. The average molecular weight is 281 g/mol. The number of fused-ring (bicyclic) bond motifs is 1. The summed E-state index contributed by atoms with van der Waals surface area (Å²) in [5.74, 6) is 0.268. The van der Waals surface area contributed by atoms with Crippen LogP contribution in [0, 0.1) is 0 Å². The number of nitrogens with two attached hydrogens (primary N) is 1. The molecule has 5 heteroatoms. The third-order valence-electron chi connectivity index (χ3n) is 3.12. The predicted molar refractivity (Wildman–Crippen MR) is 81.9 cm³/mol. The Morgan fingerprint density at radius 3 is 2.76 bits per heavy atom. The first-order valence-electron chi connectivity index (χ1n) is 6.72. The molecule has 0 saturated carbocycles. The second kappa shape index (κ2) is 5.28. The lowest BCUT2D eigenvalue weighted by molar-refractivity contribution is 0.0957. The van der Waals surface area contributed by atoms with Crippen LogP contribution in [0.25, 0.3) is 22.6 Å². The van der Waals surface area contributed by atoms with Gasteiger partial charge in [0.05, 0.1) is 5.56 Å². The van der Waals surface area contributed by atoms with Crippen LogP contribution in [-0.4, -0.2) is 17.4 Å². The molecule has 0 bridgehead atoms. The fourth-order valence-corrected chi connectivity index (χ4v) is 2.18. The smallest absolute Gasteiger partial charge is 0.253 e. The molecule has 0 radical (unpaired) electrons. The van der Waals surface area contributed by atoms with Crippen LogP contribution in [0.15, 0.2) is 46.9 Å². The molecule has 1 heterocycles. The quantitative estimate of drug-likeness (QED) is 0.723. The van der Waals surface area contributed by atoms with Gasteiger partial charge in [-0.15, -0.1) is 0 Å². The number of anilines is 1. The molecule has 1 aromatic heterocycles. The van der Waals surface area contributed by atoms with Crippen LogP contribution < -0.4 is 11.1 Å². The van der Waals surface area contributed by atoms with Crippen molar-refractivity contribution in [1.82, 2.24) is 10.3 Å². The summed E-state index contributed by atoms with van der Waals surface area (Å²) in [5.41, 5.74) is 8.63. The van der Waals surface area contributed by atoms with Gasteiger partial charge in [-0.2, -0.15) is 0 Å². The van der Waals surface area contributed by atoms with Gasteiger partial charge in [-0.3, -0.25) is 4.79 Å². The van der Waals surface area contributed by atoms with Crippen LogP contribution in [-0.2, 0) is 0 Å². The van der Waals surface area contributed by atoms with E-state index >= 15 is 0 Å². The lowest BCUT2D eigenvalue weighted by Gasteiger charge is -2.03. The summed E-state index contributed by atoms with van der Waals surface area (Å²) in [7, 11) is 0. The van der Waals surface area contributed by atoms with E-state index in [1.807, 2.05) is 37.3 Å². The zero-order valence-corrected chi connectivity index (χ0v) is 11.6.